The van der Waals surface area contributed by atoms with E-state index in [-0.39, 0.29) is 0 Å². The van der Waals surface area contributed by atoms with Crippen LogP contribution in [-0.4, -0.2) is 0 Å². The quantitative estimate of drug-likeness (QED) is 0.493. The summed E-state index contributed by atoms with van der Waals surface area (Å²) in [7, 11) is 0. The van der Waals surface area contributed by atoms with E-state index in [1.54, 1.807) is 0 Å². The Kier molecular flexibility index (Phi) is 47.3. The van der Waals surface area contributed by atoms with Crippen LogP contribution in [-0.2, 0) is 0 Å². The summed E-state index contributed by atoms with van der Waals surface area (Å²) in [4.78, 5) is 0. The monoisotopic (exact) mass is 218 g/mol. The van der Waals surface area contributed by atoms with Crippen molar-refractivity contribution in [1.82, 2.24) is 0 Å². The first-order chi connectivity index (χ1) is 6.92. The molecule has 0 saturated heterocycles. The van der Waals surface area contributed by atoms with Gasteiger partial charge in [-0.05, 0) is 11.8 Å². The lowest BCUT2D eigenvalue weighted by Crippen LogP contribution is -1.81. The van der Waals surface area contributed by atoms with Gasteiger partial charge in [-0.3, -0.25) is 0 Å². The molecule has 0 nitrogen and oxygen atoms in total. The van der Waals surface area contributed by atoms with Crippen LogP contribution in [0.1, 0.15) is 88.5 Å². The van der Waals surface area contributed by atoms with E-state index in [1.165, 1.54) is 19.3 Å². The highest BCUT2D eigenvalue weighted by atomic mass is 13.9. The normalized spacial score (nSPS) is 8.00. The summed E-state index contributed by atoms with van der Waals surface area (Å²) in [6.07, 6.45) is 3.96. The van der Waals surface area contributed by atoms with E-state index < -0.39 is 0 Å². The summed E-state index contributed by atoms with van der Waals surface area (Å²) in [5.41, 5.74) is 0. The van der Waals surface area contributed by atoms with Gasteiger partial charge in [-0.15, -0.1) is 0 Å². The largest absolute Gasteiger partial charge is 0.0683 e. The standard InChI is InChI=1S/C6H14.C4H10.C3H8.C2H6/c1-4-5-6(2)3;1-4(2)3;1-3-2;1-2/h6H,4-5H2,1-3H3;4H,1-3H3;3H2,1-2H3;1-2H3. The van der Waals surface area contributed by atoms with Crippen molar-refractivity contribution in [1.29, 1.82) is 0 Å². The molecule has 0 aromatic carbocycles. The second kappa shape index (κ2) is 29.2. The molecule has 0 aromatic heterocycles. The highest BCUT2D eigenvalue weighted by Crippen LogP contribution is 2.00. The van der Waals surface area contributed by atoms with Crippen LogP contribution in [0, 0.1) is 11.8 Å². The predicted molar refractivity (Wildman–Crippen MR) is 77.6 cm³/mol. The Bertz CT molecular complexity index is 50.3. The first-order valence-corrected chi connectivity index (χ1v) is 6.92. The van der Waals surface area contributed by atoms with E-state index in [9.17, 15) is 0 Å². The Hall–Kier alpha value is 0. The number of rotatable bonds is 2. The van der Waals surface area contributed by atoms with E-state index in [0.29, 0.717) is 0 Å². The fourth-order valence-corrected chi connectivity index (χ4v) is 0.577. The third-order valence-electron chi connectivity index (χ3n) is 0.866. The van der Waals surface area contributed by atoms with Gasteiger partial charge >= 0.3 is 0 Å². The van der Waals surface area contributed by atoms with Crippen molar-refractivity contribution in [3.63, 3.8) is 0 Å². The van der Waals surface area contributed by atoms with Crippen LogP contribution in [0.15, 0.2) is 0 Å². The molecule has 0 bridgehead atoms. The van der Waals surface area contributed by atoms with E-state index in [4.69, 9.17) is 0 Å². The zero-order valence-electron chi connectivity index (χ0n) is 13.3. The average molecular weight is 218 g/mol. The third kappa shape index (κ3) is 224. The van der Waals surface area contributed by atoms with Crippen LogP contribution in [0.5, 0.6) is 0 Å². The Morgan fingerprint density at radius 1 is 0.733 bits per heavy atom. The molecule has 0 atom stereocenters. The molecule has 0 radical (unpaired) electrons. The highest BCUT2D eigenvalue weighted by Gasteiger charge is 1.85. The average Bonchev–Trinajstić information content (AvgIpc) is 2.07. The Labute approximate surface area is 101 Å². The molecular formula is C15H38. The van der Waals surface area contributed by atoms with Crippen LogP contribution in [0.25, 0.3) is 0 Å². The first kappa shape index (κ1) is 24.3. The molecule has 98 valence electrons. The zero-order chi connectivity index (χ0) is 13.3. The van der Waals surface area contributed by atoms with Gasteiger partial charge in [0.05, 0.1) is 0 Å². The third-order valence-corrected chi connectivity index (χ3v) is 0.866. The molecule has 0 aliphatic rings. The number of hydrogen-bond donors (Lipinski definition) is 0. The molecule has 0 spiro atoms. The lowest BCUT2D eigenvalue weighted by molar-refractivity contribution is 0.576. The fourth-order valence-electron chi connectivity index (χ4n) is 0.577. The molecule has 0 amide bonds. The van der Waals surface area contributed by atoms with Crippen LogP contribution in [0.2, 0.25) is 0 Å². The fraction of sp³-hybridized carbons (Fsp3) is 1.00. The second-order valence-corrected chi connectivity index (χ2v) is 4.62. The van der Waals surface area contributed by atoms with Crippen molar-refractivity contribution in [3.8, 4) is 0 Å². The van der Waals surface area contributed by atoms with E-state index in [1.807, 2.05) is 13.8 Å². The summed E-state index contributed by atoms with van der Waals surface area (Å²) in [6, 6.07) is 0. The van der Waals surface area contributed by atoms with Crippen molar-refractivity contribution in [2.45, 2.75) is 88.5 Å². The zero-order valence-corrected chi connectivity index (χ0v) is 13.3. The molecule has 0 unspecified atom stereocenters. The Morgan fingerprint density at radius 2 is 0.933 bits per heavy atom. The molecule has 0 aromatic rings. The topological polar surface area (TPSA) is 0 Å². The molecule has 0 rings (SSSR count). The highest BCUT2D eigenvalue weighted by molar-refractivity contribution is 4.38. The maximum Gasteiger partial charge on any atom is -0.0471 e. The predicted octanol–water partition coefficient (Wildman–Crippen LogP) is 6.55. The van der Waals surface area contributed by atoms with Crippen molar-refractivity contribution in [3.05, 3.63) is 0 Å². The smallest absolute Gasteiger partial charge is 0.0471 e. The Morgan fingerprint density at radius 3 is 0.933 bits per heavy atom. The van der Waals surface area contributed by atoms with Gasteiger partial charge in [0.1, 0.15) is 0 Å². The Balaban J connectivity index is -0.0000000590. The van der Waals surface area contributed by atoms with Gasteiger partial charge in [0.2, 0.25) is 0 Å². The second-order valence-electron chi connectivity index (χ2n) is 4.62. The van der Waals surface area contributed by atoms with Crippen molar-refractivity contribution in [2.75, 3.05) is 0 Å². The first-order valence-electron chi connectivity index (χ1n) is 6.92. The van der Waals surface area contributed by atoms with Crippen LogP contribution >= 0.6 is 0 Å². The molecule has 0 saturated carbocycles. The maximum atomic E-state index is 2.25. The summed E-state index contributed by atoms with van der Waals surface area (Å²) < 4.78 is 0. The van der Waals surface area contributed by atoms with Gasteiger partial charge in [0.25, 0.3) is 0 Å². The van der Waals surface area contributed by atoms with Gasteiger partial charge < -0.3 is 0 Å². The lowest BCUT2D eigenvalue weighted by Gasteiger charge is -1.95. The van der Waals surface area contributed by atoms with Crippen molar-refractivity contribution >= 4 is 0 Å². The van der Waals surface area contributed by atoms with Crippen LogP contribution < -0.4 is 0 Å². The van der Waals surface area contributed by atoms with Crippen LogP contribution in [0.4, 0.5) is 0 Å². The molecule has 0 aliphatic carbocycles. The van der Waals surface area contributed by atoms with Gasteiger partial charge in [-0.25, -0.2) is 0 Å². The lowest BCUT2D eigenvalue weighted by atomic mass is 10.1. The van der Waals surface area contributed by atoms with Gasteiger partial charge in [-0.1, -0.05) is 88.5 Å². The number of hydrogen-bond acceptors (Lipinski definition) is 0. The minimum atomic E-state index is 0.833. The summed E-state index contributed by atoms with van der Waals surface area (Å²) >= 11 is 0. The van der Waals surface area contributed by atoms with Crippen LogP contribution in [0.3, 0.4) is 0 Å². The molecular weight excluding hydrogens is 180 g/mol. The molecule has 0 aliphatic heterocycles. The van der Waals surface area contributed by atoms with Crippen molar-refractivity contribution in [2.24, 2.45) is 11.8 Å². The van der Waals surface area contributed by atoms with E-state index >= 15 is 0 Å². The van der Waals surface area contributed by atoms with Gasteiger partial charge in [0.15, 0.2) is 0 Å². The molecule has 0 fully saturated rings. The molecule has 0 N–H and O–H groups in total. The van der Waals surface area contributed by atoms with E-state index in [0.717, 1.165) is 11.8 Å². The van der Waals surface area contributed by atoms with Crippen molar-refractivity contribution < 1.29 is 0 Å². The maximum absolute atomic E-state index is 2.25. The minimum Gasteiger partial charge on any atom is -0.0683 e. The molecule has 0 heteroatoms. The van der Waals surface area contributed by atoms with E-state index in [2.05, 4.69) is 55.4 Å². The molecule has 0 heterocycles. The summed E-state index contributed by atoms with van der Waals surface area (Å²) in [5.74, 6) is 1.73. The summed E-state index contributed by atoms with van der Waals surface area (Å²) in [5, 5.41) is 0. The molecule has 15 heavy (non-hydrogen) atoms. The van der Waals surface area contributed by atoms with Gasteiger partial charge in [-0.2, -0.15) is 0 Å². The minimum absolute atomic E-state index is 0.833. The SMILES string of the molecule is CC.CC(C)C.CCC.CCCC(C)C. The summed E-state index contributed by atoms with van der Waals surface area (Å²) in [6.45, 7) is 21.5. The van der Waals surface area contributed by atoms with Gasteiger partial charge in [0, 0.05) is 0 Å².